The lowest BCUT2D eigenvalue weighted by molar-refractivity contribution is 0.0978. The topological polar surface area (TPSA) is 45.6 Å². The zero-order valence-electron chi connectivity index (χ0n) is 23.4. The monoisotopic (exact) mass is 533 g/mol. The minimum atomic E-state index is 0.114. The Kier molecular flexibility index (Phi) is 8.10. The van der Waals surface area contributed by atoms with Crippen molar-refractivity contribution in [3.63, 3.8) is 0 Å². The van der Waals surface area contributed by atoms with E-state index in [2.05, 4.69) is 58.3 Å². The van der Waals surface area contributed by atoms with Gasteiger partial charge in [0.05, 0.1) is 12.1 Å². The Bertz CT molecular complexity index is 1520. The van der Waals surface area contributed by atoms with Crippen LogP contribution in [-0.2, 0) is 19.4 Å². The van der Waals surface area contributed by atoms with E-state index in [1.54, 1.807) is 0 Å². The van der Waals surface area contributed by atoms with Crippen molar-refractivity contribution in [1.29, 1.82) is 0 Å². The van der Waals surface area contributed by atoms with E-state index in [1.807, 2.05) is 34.9 Å². The first-order valence-electron chi connectivity index (χ1n) is 15.0. The van der Waals surface area contributed by atoms with Gasteiger partial charge in [-0.15, -0.1) is 0 Å². The van der Waals surface area contributed by atoms with Crippen molar-refractivity contribution in [1.82, 2.24) is 9.47 Å². The van der Waals surface area contributed by atoms with Crippen molar-refractivity contribution in [3.8, 4) is 0 Å². The van der Waals surface area contributed by atoms with E-state index in [4.69, 9.17) is 0 Å². The predicted molar refractivity (Wildman–Crippen MR) is 164 cm³/mol. The summed E-state index contributed by atoms with van der Waals surface area (Å²) in [6, 6.07) is 26.9. The number of benzene rings is 3. The number of carbonyl (C=O) groups is 1. The van der Waals surface area contributed by atoms with Crippen LogP contribution in [0.1, 0.15) is 59.2 Å². The van der Waals surface area contributed by atoms with E-state index in [1.165, 1.54) is 11.3 Å². The summed E-state index contributed by atoms with van der Waals surface area (Å²) >= 11 is 0. The molecule has 40 heavy (non-hydrogen) atoms. The Balaban J connectivity index is 1.11. The average Bonchev–Trinajstić information content (AvgIpc) is 3.02. The molecular weight excluding hydrogens is 494 g/mol. The van der Waals surface area contributed by atoms with E-state index in [-0.39, 0.29) is 11.3 Å². The van der Waals surface area contributed by atoms with Crippen molar-refractivity contribution in [2.75, 3.05) is 37.6 Å². The van der Waals surface area contributed by atoms with Gasteiger partial charge in [0.15, 0.2) is 5.78 Å². The zero-order chi connectivity index (χ0) is 27.3. The van der Waals surface area contributed by atoms with Crippen LogP contribution in [0.5, 0.6) is 0 Å². The lowest BCUT2D eigenvalue weighted by Gasteiger charge is -2.36. The number of pyridine rings is 1. The van der Waals surface area contributed by atoms with Gasteiger partial charge >= 0.3 is 0 Å². The number of Topliss-reactive ketones (excluding diaryl/α,β-unsaturated/α-hetero) is 1. The highest BCUT2D eigenvalue weighted by Gasteiger charge is 2.21. The van der Waals surface area contributed by atoms with E-state index >= 15 is 0 Å². The molecule has 1 saturated heterocycles. The van der Waals surface area contributed by atoms with Crippen molar-refractivity contribution in [3.05, 3.63) is 111 Å². The molecule has 0 unspecified atom stereocenters. The molecule has 0 spiro atoms. The van der Waals surface area contributed by atoms with Crippen molar-refractivity contribution >= 4 is 22.4 Å². The summed E-state index contributed by atoms with van der Waals surface area (Å²) < 4.78 is 1.90. The maximum absolute atomic E-state index is 13.6. The highest BCUT2D eigenvalue weighted by molar-refractivity contribution is 6.00. The SMILES string of the molecule is O=C(CCCCN1CCN(c2ccccc2)CC1)c1ccc2c3c(c(=O)n(Cc4ccccc4)c2c1)CCCC3. The van der Waals surface area contributed by atoms with Gasteiger partial charge in [0, 0.05) is 54.8 Å². The third-order valence-corrected chi connectivity index (χ3v) is 8.71. The van der Waals surface area contributed by atoms with Crippen LogP contribution in [0.3, 0.4) is 0 Å². The number of aryl methyl sites for hydroxylation is 1. The van der Waals surface area contributed by atoms with E-state index in [0.717, 1.165) is 98.8 Å². The normalized spacial score (nSPS) is 15.8. The second kappa shape index (κ2) is 12.2. The van der Waals surface area contributed by atoms with Crippen LogP contribution in [0, 0.1) is 0 Å². The molecule has 1 aliphatic carbocycles. The first-order valence-corrected chi connectivity index (χ1v) is 15.0. The number of rotatable bonds is 9. The molecule has 5 heteroatoms. The number of anilines is 1. The van der Waals surface area contributed by atoms with Gasteiger partial charge in [-0.05, 0) is 74.4 Å². The number of aromatic nitrogens is 1. The highest BCUT2D eigenvalue weighted by atomic mass is 16.1. The Morgan fingerprint density at radius 1 is 0.750 bits per heavy atom. The summed E-state index contributed by atoms with van der Waals surface area (Å²) in [6.45, 7) is 5.80. The van der Waals surface area contributed by atoms with Crippen LogP contribution in [0.25, 0.3) is 10.9 Å². The quantitative estimate of drug-likeness (QED) is 0.193. The minimum Gasteiger partial charge on any atom is -0.369 e. The van der Waals surface area contributed by atoms with Crippen LogP contribution in [0.15, 0.2) is 83.7 Å². The molecule has 6 rings (SSSR count). The number of ketones is 1. The molecular formula is C35H39N3O2. The predicted octanol–water partition coefficient (Wildman–Crippen LogP) is 6.10. The molecule has 0 radical (unpaired) electrons. The standard InChI is InChI=1S/C35H39N3O2/c39-34(17-9-10-20-36-21-23-37(24-22-36)29-13-5-2-6-14-29)28-18-19-31-30-15-7-8-16-32(30)35(40)38(33(31)25-28)26-27-11-3-1-4-12-27/h1-6,11-14,18-19,25H,7-10,15-17,20-24,26H2. The van der Waals surface area contributed by atoms with E-state index in [0.29, 0.717) is 13.0 Å². The maximum Gasteiger partial charge on any atom is 0.254 e. The summed E-state index contributed by atoms with van der Waals surface area (Å²) in [5.74, 6) is 0.173. The molecule has 2 heterocycles. The summed E-state index contributed by atoms with van der Waals surface area (Å²) in [4.78, 5) is 31.9. The maximum atomic E-state index is 13.6. The van der Waals surface area contributed by atoms with Gasteiger partial charge in [0.1, 0.15) is 0 Å². The number of hydrogen-bond donors (Lipinski definition) is 0. The number of fused-ring (bicyclic) bond motifs is 3. The summed E-state index contributed by atoms with van der Waals surface area (Å²) in [6.07, 6.45) is 6.43. The Morgan fingerprint density at radius 2 is 1.45 bits per heavy atom. The second-order valence-electron chi connectivity index (χ2n) is 11.3. The first-order chi connectivity index (χ1) is 19.7. The highest BCUT2D eigenvalue weighted by Crippen LogP contribution is 2.28. The van der Waals surface area contributed by atoms with Gasteiger partial charge in [0.2, 0.25) is 0 Å². The fourth-order valence-electron chi connectivity index (χ4n) is 6.45. The van der Waals surface area contributed by atoms with Crippen LogP contribution >= 0.6 is 0 Å². The molecule has 4 aromatic rings. The van der Waals surface area contributed by atoms with E-state index in [9.17, 15) is 9.59 Å². The van der Waals surface area contributed by atoms with Crippen LogP contribution < -0.4 is 10.5 Å². The number of hydrogen-bond acceptors (Lipinski definition) is 4. The fraction of sp³-hybridized carbons (Fsp3) is 0.371. The third-order valence-electron chi connectivity index (χ3n) is 8.71. The van der Waals surface area contributed by atoms with E-state index < -0.39 is 0 Å². The van der Waals surface area contributed by atoms with Gasteiger partial charge in [-0.1, -0.05) is 60.7 Å². The molecule has 0 saturated carbocycles. The summed E-state index contributed by atoms with van der Waals surface area (Å²) in [7, 11) is 0. The number of piperazine rings is 1. The lowest BCUT2D eigenvalue weighted by atomic mass is 9.89. The first kappa shape index (κ1) is 26.5. The Morgan fingerprint density at radius 3 is 2.20 bits per heavy atom. The Labute approximate surface area is 237 Å². The van der Waals surface area contributed by atoms with Gasteiger partial charge in [0.25, 0.3) is 5.56 Å². The number of para-hydroxylation sites is 1. The zero-order valence-corrected chi connectivity index (χ0v) is 23.4. The molecule has 1 aliphatic heterocycles. The Hall–Kier alpha value is -3.70. The van der Waals surface area contributed by atoms with Crippen molar-refractivity contribution < 1.29 is 4.79 Å². The molecule has 5 nitrogen and oxygen atoms in total. The molecule has 0 N–H and O–H groups in total. The second-order valence-corrected chi connectivity index (χ2v) is 11.3. The molecule has 1 aromatic heterocycles. The average molecular weight is 534 g/mol. The largest absolute Gasteiger partial charge is 0.369 e. The minimum absolute atomic E-state index is 0.114. The van der Waals surface area contributed by atoms with Crippen molar-refractivity contribution in [2.24, 2.45) is 0 Å². The number of unbranched alkanes of at least 4 members (excludes halogenated alkanes) is 1. The molecule has 2 aliphatic rings. The summed E-state index contributed by atoms with van der Waals surface area (Å²) in [5.41, 5.74) is 6.31. The molecule has 0 bridgehead atoms. The van der Waals surface area contributed by atoms with Gasteiger partial charge in [-0.3, -0.25) is 14.5 Å². The molecule has 3 aromatic carbocycles. The van der Waals surface area contributed by atoms with Gasteiger partial charge in [-0.25, -0.2) is 0 Å². The van der Waals surface area contributed by atoms with Crippen LogP contribution in [0.4, 0.5) is 5.69 Å². The third kappa shape index (κ3) is 5.75. The molecule has 0 atom stereocenters. The number of carbonyl (C=O) groups excluding carboxylic acids is 1. The van der Waals surface area contributed by atoms with Crippen LogP contribution in [0.2, 0.25) is 0 Å². The molecule has 0 amide bonds. The fourth-order valence-corrected chi connectivity index (χ4v) is 6.45. The van der Waals surface area contributed by atoms with Gasteiger partial charge < -0.3 is 9.47 Å². The van der Waals surface area contributed by atoms with Gasteiger partial charge in [-0.2, -0.15) is 0 Å². The van der Waals surface area contributed by atoms with Crippen molar-refractivity contribution in [2.45, 2.75) is 51.5 Å². The van der Waals surface area contributed by atoms with Crippen LogP contribution in [-0.4, -0.2) is 48.0 Å². The molecule has 1 fully saturated rings. The smallest absolute Gasteiger partial charge is 0.254 e. The molecule has 206 valence electrons. The number of nitrogens with zero attached hydrogens (tertiary/aromatic N) is 3. The lowest BCUT2D eigenvalue weighted by Crippen LogP contribution is -2.46. The summed E-state index contributed by atoms with van der Waals surface area (Å²) in [5, 5.41) is 1.14.